The van der Waals surface area contributed by atoms with Crippen LogP contribution in [0.5, 0.6) is 0 Å². The maximum Gasteiger partial charge on any atom is 0.248 e. The molecule has 1 aromatic rings. The van der Waals surface area contributed by atoms with Crippen LogP contribution in [0.15, 0.2) is 18.2 Å². The van der Waals surface area contributed by atoms with E-state index in [4.69, 9.17) is 5.73 Å². The smallest absolute Gasteiger partial charge is 0.248 e. The maximum atomic E-state index is 11.3. The summed E-state index contributed by atoms with van der Waals surface area (Å²) in [5, 5.41) is 3.31. The Morgan fingerprint density at radius 3 is 1.68 bits per heavy atom. The Morgan fingerprint density at radius 2 is 1.41 bits per heavy atom. The van der Waals surface area contributed by atoms with Crippen molar-refractivity contribution in [2.75, 3.05) is 0 Å². The third-order valence-electron chi connectivity index (χ3n) is 3.27. The van der Waals surface area contributed by atoms with Crippen molar-refractivity contribution < 1.29 is 4.79 Å². The molecule has 3 nitrogen and oxygen atoms in total. The van der Waals surface area contributed by atoms with E-state index < -0.39 is 0 Å². The highest BCUT2D eigenvalue weighted by Gasteiger charge is 2.16. The van der Waals surface area contributed by atoms with Crippen LogP contribution >= 0.6 is 0 Å². The zero-order valence-corrected chi connectivity index (χ0v) is 15.5. The lowest BCUT2D eigenvalue weighted by atomic mass is 9.87. The second-order valence-corrected chi connectivity index (χ2v) is 6.96. The molecule has 126 valence electrons. The normalized spacial score (nSPS) is 11.1. The van der Waals surface area contributed by atoms with Gasteiger partial charge in [-0.3, -0.25) is 4.79 Å². The van der Waals surface area contributed by atoms with Crippen molar-refractivity contribution >= 4 is 5.91 Å². The molecule has 0 bridgehead atoms. The van der Waals surface area contributed by atoms with Gasteiger partial charge in [0.05, 0.1) is 0 Å². The molecule has 0 aromatic heterocycles. The molecule has 22 heavy (non-hydrogen) atoms. The zero-order valence-electron chi connectivity index (χ0n) is 15.5. The fourth-order valence-electron chi connectivity index (χ4n) is 2.61. The van der Waals surface area contributed by atoms with Gasteiger partial charge in [0, 0.05) is 17.6 Å². The van der Waals surface area contributed by atoms with Gasteiger partial charge in [-0.1, -0.05) is 67.5 Å². The van der Waals surface area contributed by atoms with E-state index in [1.807, 2.05) is 12.1 Å². The molecular weight excluding hydrogens is 272 g/mol. The quantitative estimate of drug-likeness (QED) is 0.845. The summed E-state index contributed by atoms with van der Waals surface area (Å²) in [5.41, 5.74) is 8.37. The van der Waals surface area contributed by atoms with Crippen LogP contribution in [-0.4, -0.2) is 18.0 Å². The summed E-state index contributed by atoms with van der Waals surface area (Å²) >= 11 is 0. The van der Waals surface area contributed by atoms with E-state index in [2.05, 4.69) is 66.8 Å². The molecule has 0 saturated carbocycles. The Labute approximate surface area is 136 Å². The summed E-state index contributed by atoms with van der Waals surface area (Å²) in [5.74, 6) is 0.411. The van der Waals surface area contributed by atoms with Gasteiger partial charge >= 0.3 is 0 Å². The third kappa shape index (κ3) is 7.08. The second kappa shape index (κ2) is 9.62. The summed E-state index contributed by atoms with van der Waals surface area (Å²) in [6.07, 6.45) is 0. The number of hydrogen-bond donors (Lipinski definition) is 2. The number of nitrogens with one attached hydrogen (secondary N) is 1. The van der Waals surface area contributed by atoms with Crippen LogP contribution in [0.3, 0.4) is 0 Å². The largest absolute Gasteiger partial charge is 0.366 e. The van der Waals surface area contributed by atoms with Crippen LogP contribution in [0, 0.1) is 0 Å². The predicted molar refractivity (Wildman–Crippen MR) is 96.5 cm³/mol. The van der Waals surface area contributed by atoms with Crippen LogP contribution in [0.2, 0.25) is 0 Å². The molecule has 0 aliphatic rings. The van der Waals surface area contributed by atoms with Crippen LogP contribution < -0.4 is 11.1 Å². The van der Waals surface area contributed by atoms with Crippen molar-refractivity contribution in [2.24, 2.45) is 5.73 Å². The minimum absolute atomic E-state index is 0.325. The van der Waals surface area contributed by atoms with Crippen molar-refractivity contribution in [3.05, 3.63) is 34.9 Å². The number of carbonyl (C=O) groups excluding carboxylic acids is 1. The molecule has 0 unspecified atom stereocenters. The molecule has 0 aliphatic heterocycles. The van der Waals surface area contributed by atoms with Gasteiger partial charge < -0.3 is 11.1 Å². The monoisotopic (exact) mass is 306 g/mol. The molecule has 0 saturated heterocycles. The van der Waals surface area contributed by atoms with Gasteiger partial charge in [0.25, 0.3) is 0 Å². The van der Waals surface area contributed by atoms with Crippen molar-refractivity contribution in [3.8, 4) is 0 Å². The summed E-state index contributed by atoms with van der Waals surface area (Å²) in [4.78, 5) is 11.3. The van der Waals surface area contributed by atoms with Gasteiger partial charge in [0.15, 0.2) is 0 Å². The van der Waals surface area contributed by atoms with Crippen molar-refractivity contribution in [2.45, 2.75) is 79.3 Å². The van der Waals surface area contributed by atoms with Gasteiger partial charge in [0.1, 0.15) is 0 Å². The van der Waals surface area contributed by atoms with Crippen LogP contribution in [0.4, 0.5) is 0 Å². The average Bonchev–Trinajstić information content (AvgIpc) is 2.36. The molecular formula is C19H34N2O. The first-order valence-electron chi connectivity index (χ1n) is 8.26. The lowest BCUT2D eigenvalue weighted by molar-refractivity contribution is 0.0999. The fraction of sp³-hybridized carbons (Fsp3) is 0.632. The molecule has 3 heteroatoms. The van der Waals surface area contributed by atoms with Crippen LogP contribution in [-0.2, 0) is 0 Å². The first-order valence-corrected chi connectivity index (χ1v) is 8.26. The van der Waals surface area contributed by atoms with Gasteiger partial charge in [-0.2, -0.15) is 0 Å². The van der Waals surface area contributed by atoms with E-state index in [9.17, 15) is 4.79 Å². The van der Waals surface area contributed by atoms with E-state index in [-0.39, 0.29) is 5.91 Å². The molecule has 0 aliphatic carbocycles. The molecule has 0 radical (unpaired) electrons. The summed E-state index contributed by atoms with van der Waals surface area (Å²) in [7, 11) is 0. The van der Waals surface area contributed by atoms with E-state index in [0.29, 0.717) is 29.5 Å². The summed E-state index contributed by atoms with van der Waals surface area (Å²) in [6.45, 7) is 17.1. The van der Waals surface area contributed by atoms with Gasteiger partial charge in [0.2, 0.25) is 5.91 Å². The van der Waals surface area contributed by atoms with E-state index in [1.54, 1.807) is 0 Å². The number of rotatable bonds is 5. The van der Waals surface area contributed by atoms with Crippen LogP contribution in [0.1, 0.15) is 88.7 Å². The molecule has 1 rings (SSSR count). The number of hydrogen-bond acceptors (Lipinski definition) is 2. The van der Waals surface area contributed by atoms with E-state index in [0.717, 1.165) is 5.56 Å². The molecule has 3 N–H and O–H groups in total. The first-order chi connectivity index (χ1) is 10.1. The number of benzene rings is 1. The van der Waals surface area contributed by atoms with Gasteiger partial charge in [-0.15, -0.1) is 0 Å². The molecule has 0 atom stereocenters. The predicted octanol–water partition coefficient (Wildman–Crippen LogP) is 4.43. The summed E-state index contributed by atoms with van der Waals surface area (Å²) in [6, 6.07) is 7.04. The Kier molecular flexibility index (Phi) is 9.03. The minimum atomic E-state index is -0.332. The van der Waals surface area contributed by atoms with Gasteiger partial charge in [-0.25, -0.2) is 0 Å². The molecule has 0 heterocycles. The first kappa shape index (κ1) is 20.6. The van der Waals surface area contributed by atoms with Crippen molar-refractivity contribution in [1.82, 2.24) is 5.32 Å². The zero-order chi connectivity index (χ0) is 17.4. The third-order valence-corrected chi connectivity index (χ3v) is 3.27. The van der Waals surface area contributed by atoms with Crippen molar-refractivity contribution in [3.63, 3.8) is 0 Å². The molecule has 0 spiro atoms. The number of primary amides is 1. The molecule has 1 amide bonds. The molecule has 1 aromatic carbocycles. The lowest BCUT2D eigenvalue weighted by Crippen LogP contribution is -2.29. The SMILES string of the molecule is CC(C)NC(C)C.CC(C)c1cccc(C(N)=O)c1C(C)C. The topological polar surface area (TPSA) is 55.1 Å². The number of amides is 1. The van der Waals surface area contributed by atoms with E-state index >= 15 is 0 Å². The highest BCUT2D eigenvalue weighted by molar-refractivity contribution is 5.94. The standard InChI is InChI=1S/C13H19NO.C6H15N/c1-8(2)10-6-5-7-11(13(14)15)12(10)9(3)4;1-5(2)7-6(3)4/h5-9H,1-4H3,(H2,14,15);5-7H,1-4H3. The van der Waals surface area contributed by atoms with Crippen molar-refractivity contribution in [1.29, 1.82) is 0 Å². The highest BCUT2D eigenvalue weighted by Crippen LogP contribution is 2.28. The Morgan fingerprint density at radius 1 is 0.909 bits per heavy atom. The Bertz CT molecular complexity index is 457. The van der Waals surface area contributed by atoms with E-state index in [1.165, 1.54) is 5.56 Å². The molecule has 0 fully saturated rings. The van der Waals surface area contributed by atoms with Gasteiger partial charge in [-0.05, 0) is 29.0 Å². The van der Waals surface area contributed by atoms with Crippen LogP contribution in [0.25, 0.3) is 0 Å². The Balaban J connectivity index is 0.000000534. The minimum Gasteiger partial charge on any atom is -0.366 e. The Hall–Kier alpha value is -1.35. The highest BCUT2D eigenvalue weighted by atomic mass is 16.1. The number of carbonyl (C=O) groups is 1. The average molecular weight is 306 g/mol. The second-order valence-electron chi connectivity index (χ2n) is 6.96. The fourth-order valence-corrected chi connectivity index (χ4v) is 2.61. The number of nitrogens with two attached hydrogens (primary N) is 1. The lowest BCUT2D eigenvalue weighted by Gasteiger charge is -2.18. The summed E-state index contributed by atoms with van der Waals surface area (Å²) < 4.78 is 0. The maximum absolute atomic E-state index is 11.3.